The number of likely N-dealkylation sites (N-methyl/N-ethyl adjacent to an activating group) is 1. The van der Waals surface area contributed by atoms with Crippen LogP contribution in [0.25, 0.3) is 0 Å². The predicted octanol–water partition coefficient (Wildman–Crippen LogP) is 1.27. The fraction of sp³-hybridized carbons (Fsp3) is 0.895. The third-order valence-electron chi connectivity index (χ3n) is 5.51. The van der Waals surface area contributed by atoms with Gasteiger partial charge in [0.05, 0.1) is 0 Å². The Balaban J connectivity index is 1.57. The molecule has 150 valence electrons. The molecule has 1 amide bonds. The van der Waals surface area contributed by atoms with Crippen LogP contribution in [0.2, 0.25) is 0 Å². The number of piperazine rings is 1. The quantitative estimate of drug-likeness (QED) is 0.616. The molecule has 2 aliphatic rings. The molecule has 6 nitrogen and oxygen atoms in total. The average Bonchev–Trinajstić information content (AvgIpc) is 2.57. The third-order valence-corrected chi connectivity index (χ3v) is 5.85. The van der Waals surface area contributed by atoms with Crippen molar-refractivity contribution in [3.8, 4) is 0 Å². The lowest BCUT2D eigenvalue weighted by Crippen LogP contribution is -2.60. The molecule has 0 aromatic rings. The van der Waals surface area contributed by atoms with Crippen LogP contribution in [-0.2, 0) is 4.79 Å². The minimum Gasteiger partial charge on any atom is -0.358 e. The van der Waals surface area contributed by atoms with Crippen molar-refractivity contribution in [3.63, 3.8) is 0 Å². The van der Waals surface area contributed by atoms with E-state index in [0.29, 0.717) is 12.5 Å². The highest BCUT2D eigenvalue weighted by molar-refractivity contribution is 7.80. The van der Waals surface area contributed by atoms with E-state index in [1.165, 1.54) is 0 Å². The van der Waals surface area contributed by atoms with Gasteiger partial charge < -0.3 is 20.4 Å². The second-order valence-corrected chi connectivity index (χ2v) is 8.68. The number of amides is 1. The van der Waals surface area contributed by atoms with Crippen molar-refractivity contribution in [2.24, 2.45) is 0 Å². The normalized spacial score (nSPS) is 24.4. The molecule has 26 heavy (non-hydrogen) atoms. The standard InChI is InChI=1S/C19H37N5OS/c1-5-22-11-13-23(14-12-22)10-8-20-17(25)7-6-9-24-16(2)15-19(3,4)21-18(24)26/h16H,5-15H2,1-4H3,(H,20,25)(H,21,26). The molecule has 1 unspecified atom stereocenters. The Kier molecular flexibility index (Phi) is 8.10. The lowest BCUT2D eigenvalue weighted by Gasteiger charge is -2.44. The SMILES string of the molecule is CCN1CCN(CCNC(=O)CCCN2C(=S)NC(C)(C)CC2C)CC1. The van der Waals surface area contributed by atoms with Gasteiger partial charge in [-0.15, -0.1) is 0 Å². The highest BCUT2D eigenvalue weighted by Crippen LogP contribution is 2.22. The van der Waals surface area contributed by atoms with Crippen molar-refractivity contribution >= 4 is 23.2 Å². The zero-order valence-corrected chi connectivity index (χ0v) is 17.8. The molecule has 0 bridgehead atoms. The number of hydrogen-bond donors (Lipinski definition) is 2. The molecule has 0 spiro atoms. The Morgan fingerprint density at radius 3 is 2.50 bits per heavy atom. The summed E-state index contributed by atoms with van der Waals surface area (Å²) in [5.74, 6) is 0.154. The lowest BCUT2D eigenvalue weighted by atomic mass is 9.93. The van der Waals surface area contributed by atoms with Crippen LogP contribution in [0.15, 0.2) is 0 Å². The largest absolute Gasteiger partial charge is 0.358 e. The molecule has 7 heteroatoms. The average molecular weight is 384 g/mol. The van der Waals surface area contributed by atoms with Gasteiger partial charge >= 0.3 is 0 Å². The summed E-state index contributed by atoms with van der Waals surface area (Å²) in [6.07, 6.45) is 2.47. The van der Waals surface area contributed by atoms with Crippen molar-refractivity contribution in [2.75, 3.05) is 52.4 Å². The molecule has 2 saturated heterocycles. The molecule has 2 N–H and O–H groups in total. The van der Waals surface area contributed by atoms with Gasteiger partial charge in [-0.1, -0.05) is 6.92 Å². The molecule has 0 aliphatic carbocycles. The first kappa shape index (κ1) is 21.4. The molecule has 0 aromatic carbocycles. The van der Waals surface area contributed by atoms with Crippen LogP contribution in [0.4, 0.5) is 0 Å². The summed E-state index contributed by atoms with van der Waals surface area (Å²) < 4.78 is 0. The summed E-state index contributed by atoms with van der Waals surface area (Å²) in [6, 6.07) is 0.420. The fourth-order valence-electron chi connectivity index (χ4n) is 3.96. The number of carbonyl (C=O) groups is 1. The molecular weight excluding hydrogens is 346 g/mol. The first-order valence-electron chi connectivity index (χ1n) is 10.1. The number of rotatable bonds is 8. The second-order valence-electron chi connectivity index (χ2n) is 8.29. The van der Waals surface area contributed by atoms with E-state index in [4.69, 9.17) is 12.2 Å². The van der Waals surface area contributed by atoms with E-state index in [1.54, 1.807) is 0 Å². The van der Waals surface area contributed by atoms with E-state index < -0.39 is 0 Å². The minimum absolute atomic E-state index is 0.0625. The van der Waals surface area contributed by atoms with E-state index in [-0.39, 0.29) is 11.4 Å². The molecule has 0 radical (unpaired) electrons. The molecular formula is C19H37N5OS. The highest BCUT2D eigenvalue weighted by atomic mass is 32.1. The zero-order chi connectivity index (χ0) is 19.2. The number of carbonyl (C=O) groups excluding carboxylic acids is 1. The lowest BCUT2D eigenvalue weighted by molar-refractivity contribution is -0.121. The Bertz CT molecular complexity index is 477. The van der Waals surface area contributed by atoms with Crippen LogP contribution in [0.3, 0.4) is 0 Å². The summed E-state index contributed by atoms with van der Waals surface area (Å²) in [6.45, 7) is 17.0. The number of nitrogens with one attached hydrogen (secondary N) is 2. The third kappa shape index (κ3) is 6.67. The molecule has 0 saturated carbocycles. The maximum atomic E-state index is 12.1. The molecule has 2 heterocycles. The van der Waals surface area contributed by atoms with Gasteiger partial charge in [0.25, 0.3) is 0 Å². The Morgan fingerprint density at radius 1 is 1.23 bits per heavy atom. The highest BCUT2D eigenvalue weighted by Gasteiger charge is 2.32. The first-order chi connectivity index (χ1) is 12.3. The Labute approximate surface area is 164 Å². The van der Waals surface area contributed by atoms with Gasteiger partial charge in [0.15, 0.2) is 5.11 Å². The summed E-state index contributed by atoms with van der Waals surface area (Å²) in [5.41, 5.74) is 0.0625. The van der Waals surface area contributed by atoms with Crippen LogP contribution in [0.5, 0.6) is 0 Å². The molecule has 2 rings (SSSR count). The topological polar surface area (TPSA) is 50.9 Å². The van der Waals surface area contributed by atoms with Crippen molar-refractivity contribution in [1.29, 1.82) is 0 Å². The first-order valence-corrected chi connectivity index (χ1v) is 10.5. The Hall–Kier alpha value is -0.920. The fourth-order valence-corrected chi connectivity index (χ4v) is 4.51. The predicted molar refractivity (Wildman–Crippen MR) is 111 cm³/mol. The van der Waals surface area contributed by atoms with Gasteiger partial charge in [0, 0.05) is 63.8 Å². The van der Waals surface area contributed by atoms with Crippen LogP contribution >= 0.6 is 12.2 Å². The van der Waals surface area contributed by atoms with Crippen molar-refractivity contribution in [1.82, 2.24) is 25.3 Å². The van der Waals surface area contributed by atoms with E-state index in [2.05, 4.69) is 53.0 Å². The zero-order valence-electron chi connectivity index (χ0n) is 17.0. The van der Waals surface area contributed by atoms with Gasteiger partial charge in [-0.05, 0) is 52.4 Å². The molecule has 2 aliphatic heterocycles. The van der Waals surface area contributed by atoms with Gasteiger partial charge in [-0.3, -0.25) is 9.69 Å². The van der Waals surface area contributed by atoms with Gasteiger partial charge in [0.1, 0.15) is 0 Å². The van der Waals surface area contributed by atoms with Crippen molar-refractivity contribution in [2.45, 2.75) is 58.5 Å². The summed E-state index contributed by atoms with van der Waals surface area (Å²) in [4.78, 5) is 19.2. The van der Waals surface area contributed by atoms with E-state index in [9.17, 15) is 4.79 Å². The summed E-state index contributed by atoms with van der Waals surface area (Å²) in [5, 5.41) is 7.29. The molecule has 0 aromatic heterocycles. The maximum Gasteiger partial charge on any atom is 0.220 e. The monoisotopic (exact) mass is 383 g/mol. The van der Waals surface area contributed by atoms with Crippen molar-refractivity contribution < 1.29 is 4.79 Å². The summed E-state index contributed by atoms with van der Waals surface area (Å²) in [7, 11) is 0. The van der Waals surface area contributed by atoms with Crippen LogP contribution in [0.1, 0.15) is 47.0 Å². The smallest absolute Gasteiger partial charge is 0.220 e. The van der Waals surface area contributed by atoms with Gasteiger partial charge in [-0.25, -0.2) is 0 Å². The maximum absolute atomic E-state index is 12.1. The van der Waals surface area contributed by atoms with Crippen LogP contribution < -0.4 is 10.6 Å². The Morgan fingerprint density at radius 2 is 1.88 bits per heavy atom. The molecule has 2 fully saturated rings. The second kappa shape index (κ2) is 9.85. The van der Waals surface area contributed by atoms with E-state index >= 15 is 0 Å². The number of thiocarbonyl (C=S) groups is 1. The summed E-state index contributed by atoms with van der Waals surface area (Å²) >= 11 is 5.50. The van der Waals surface area contributed by atoms with Crippen LogP contribution in [-0.4, -0.2) is 89.7 Å². The van der Waals surface area contributed by atoms with Gasteiger partial charge in [0.2, 0.25) is 5.91 Å². The number of hydrogen-bond acceptors (Lipinski definition) is 4. The van der Waals surface area contributed by atoms with Crippen LogP contribution in [0, 0.1) is 0 Å². The minimum atomic E-state index is 0.0625. The van der Waals surface area contributed by atoms with E-state index in [0.717, 1.165) is 70.3 Å². The molecule has 1 atom stereocenters. The van der Waals surface area contributed by atoms with Gasteiger partial charge in [-0.2, -0.15) is 0 Å². The van der Waals surface area contributed by atoms with Crippen molar-refractivity contribution in [3.05, 3.63) is 0 Å². The number of nitrogens with zero attached hydrogens (tertiary/aromatic N) is 3. The van der Waals surface area contributed by atoms with E-state index in [1.807, 2.05) is 0 Å².